The standard InChI is InChI=1S/C14H11NO4S/c1-18-14-9-11(10-15)7-8-13(14)19-20(16,17)12-5-3-2-4-6-12/h2-9H,1H3. The molecule has 0 amide bonds. The van der Waals surface area contributed by atoms with Crippen LogP contribution >= 0.6 is 0 Å². The van der Waals surface area contributed by atoms with Crippen LogP contribution in [0.4, 0.5) is 0 Å². The highest BCUT2D eigenvalue weighted by Gasteiger charge is 2.18. The molecule has 6 heteroatoms. The van der Waals surface area contributed by atoms with Crippen LogP contribution < -0.4 is 8.92 Å². The lowest BCUT2D eigenvalue weighted by atomic mass is 10.2. The monoisotopic (exact) mass is 289 g/mol. The molecular formula is C14H11NO4S. The van der Waals surface area contributed by atoms with Crippen molar-refractivity contribution in [3.05, 3.63) is 54.1 Å². The molecule has 5 nitrogen and oxygen atoms in total. The minimum Gasteiger partial charge on any atom is -0.493 e. The van der Waals surface area contributed by atoms with Gasteiger partial charge in [0.25, 0.3) is 0 Å². The van der Waals surface area contributed by atoms with Gasteiger partial charge in [0.1, 0.15) is 4.90 Å². The second-order valence-corrected chi connectivity index (χ2v) is 5.37. The van der Waals surface area contributed by atoms with Gasteiger partial charge in [0.2, 0.25) is 0 Å². The maximum atomic E-state index is 12.1. The van der Waals surface area contributed by atoms with Gasteiger partial charge < -0.3 is 8.92 Å². The first-order valence-corrected chi connectivity index (χ1v) is 7.05. The normalized spacial score (nSPS) is 10.6. The van der Waals surface area contributed by atoms with E-state index < -0.39 is 10.1 Å². The molecule has 0 heterocycles. The predicted molar refractivity (Wildman–Crippen MR) is 72.0 cm³/mol. The van der Waals surface area contributed by atoms with E-state index in [1.165, 1.54) is 37.4 Å². The number of hydrogen-bond donors (Lipinski definition) is 0. The number of nitriles is 1. The Morgan fingerprint density at radius 1 is 1.05 bits per heavy atom. The molecule has 0 N–H and O–H groups in total. The van der Waals surface area contributed by atoms with Gasteiger partial charge >= 0.3 is 10.1 Å². The highest BCUT2D eigenvalue weighted by molar-refractivity contribution is 7.87. The Morgan fingerprint density at radius 2 is 1.75 bits per heavy atom. The smallest absolute Gasteiger partial charge is 0.339 e. The lowest BCUT2D eigenvalue weighted by Gasteiger charge is -2.10. The Kier molecular flexibility index (Phi) is 3.91. The number of methoxy groups -OCH3 is 1. The SMILES string of the molecule is COc1cc(C#N)ccc1OS(=O)(=O)c1ccccc1. The highest BCUT2D eigenvalue weighted by Crippen LogP contribution is 2.30. The van der Waals surface area contributed by atoms with Crippen LogP contribution in [-0.4, -0.2) is 15.5 Å². The Balaban J connectivity index is 2.38. The molecule has 0 bridgehead atoms. The largest absolute Gasteiger partial charge is 0.493 e. The molecule has 0 aromatic heterocycles. The van der Waals surface area contributed by atoms with Crippen LogP contribution in [0.25, 0.3) is 0 Å². The van der Waals surface area contributed by atoms with Crippen molar-refractivity contribution < 1.29 is 17.3 Å². The predicted octanol–water partition coefficient (Wildman–Crippen LogP) is 2.33. The molecule has 0 aliphatic rings. The molecule has 0 saturated heterocycles. The molecule has 0 aliphatic carbocycles. The topological polar surface area (TPSA) is 76.4 Å². The molecule has 0 fully saturated rings. The Morgan fingerprint density at radius 3 is 2.35 bits per heavy atom. The van der Waals surface area contributed by atoms with Gasteiger partial charge in [-0.05, 0) is 24.3 Å². The first-order valence-electron chi connectivity index (χ1n) is 5.64. The maximum Gasteiger partial charge on any atom is 0.339 e. The minimum absolute atomic E-state index is 0.0374. The molecule has 0 spiro atoms. The Bertz CT molecular complexity index is 748. The molecule has 20 heavy (non-hydrogen) atoms. The van der Waals surface area contributed by atoms with Crippen molar-refractivity contribution in [3.63, 3.8) is 0 Å². The molecule has 0 atom stereocenters. The van der Waals surface area contributed by atoms with Gasteiger partial charge in [-0.3, -0.25) is 0 Å². The van der Waals surface area contributed by atoms with Crippen molar-refractivity contribution in [1.82, 2.24) is 0 Å². The molecule has 0 radical (unpaired) electrons. The third-order valence-electron chi connectivity index (χ3n) is 2.52. The summed E-state index contributed by atoms with van der Waals surface area (Å²) in [6, 6.07) is 14.0. The molecular weight excluding hydrogens is 278 g/mol. The average Bonchev–Trinajstić information content (AvgIpc) is 2.48. The van der Waals surface area contributed by atoms with Crippen molar-refractivity contribution in [2.24, 2.45) is 0 Å². The molecule has 2 rings (SSSR count). The van der Waals surface area contributed by atoms with Gasteiger partial charge in [-0.25, -0.2) is 0 Å². The van der Waals surface area contributed by atoms with Crippen LogP contribution in [0.5, 0.6) is 11.5 Å². The Labute approximate surface area is 117 Å². The van der Waals surface area contributed by atoms with E-state index >= 15 is 0 Å². The van der Waals surface area contributed by atoms with Gasteiger partial charge in [0, 0.05) is 6.07 Å². The van der Waals surface area contributed by atoms with Crippen molar-refractivity contribution in [3.8, 4) is 17.6 Å². The summed E-state index contributed by atoms with van der Waals surface area (Å²) in [5.74, 6) is 0.221. The van der Waals surface area contributed by atoms with E-state index in [0.717, 1.165) is 0 Å². The van der Waals surface area contributed by atoms with E-state index in [4.69, 9.17) is 14.2 Å². The van der Waals surface area contributed by atoms with Crippen molar-refractivity contribution in [1.29, 1.82) is 5.26 Å². The van der Waals surface area contributed by atoms with Gasteiger partial charge in [-0.15, -0.1) is 0 Å². The van der Waals surface area contributed by atoms with Crippen LogP contribution in [0.15, 0.2) is 53.4 Å². The number of benzene rings is 2. The summed E-state index contributed by atoms with van der Waals surface area (Å²) in [6.07, 6.45) is 0. The van der Waals surface area contributed by atoms with Gasteiger partial charge in [-0.1, -0.05) is 18.2 Å². The zero-order chi connectivity index (χ0) is 14.6. The van der Waals surface area contributed by atoms with Gasteiger partial charge in [0.05, 0.1) is 18.7 Å². The first kappa shape index (κ1) is 13.9. The number of nitrogens with zero attached hydrogens (tertiary/aromatic N) is 1. The molecule has 0 aliphatic heterocycles. The first-order chi connectivity index (χ1) is 9.56. The quantitative estimate of drug-likeness (QED) is 0.807. The van der Waals surface area contributed by atoms with E-state index in [1.807, 2.05) is 6.07 Å². The third-order valence-corrected chi connectivity index (χ3v) is 3.77. The van der Waals surface area contributed by atoms with Crippen LogP contribution in [0.3, 0.4) is 0 Å². The zero-order valence-corrected chi connectivity index (χ0v) is 11.4. The summed E-state index contributed by atoms with van der Waals surface area (Å²) in [4.78, 5) is 0.0476. The van der Waals surface area contributed by atoms with Crippen LogP contribution in [0.2, 0.25) is 0 Å². The summed E-state index contributed by atoms with van der Waals surface area (Å²) in [5, 5.41) is 8.79. The van der Waals surface area contributed by atoms with Gasteiger partial charge in [0.15, 0.2) is 11.5 Å². The summed E-state index contributed by atoms with van der Waals surface area (Å²) in [6.45, 7) is 0. The van der Waals surface area contributed by atoms with Crippen molar-refractivity contribution in [2.75, 3.05) is 7.11 Å². The second kappa shape index (κ2) is 5.63. The highest BCUT2D eigenvalue weighted by atomic mass is 32.2. The van der Waals surface area contributed by atoms with E-state index in [-0.39, 0.29) is 16.4 Å². The summed E-state index contributed by atoms with van der Waals surface area (Å²) in [5.41, 5.74) is 0.353. The van der Waals surface area contributed by atoms with E-state index in [2.05, 4.69) is 0 Å². The van der Waals surface area contributed by atoms with E-state index in [9.17, 15) is 8.42 Å². The van der Waals surface area contributed by atoms with E-state index in [1.54, 1.807) is 18.2 Å². The second-order valence-electron chi connectivity index (χ2n) is 3.83. The van der Waals surface area contributed by atoms with Gasteiger partial charge in [-0.2, -0.15) is 13.7 Å². The molecule has 0 saturated carbocycles. The zero-order valence-electron chi connectivity index (χ0n) is 10.6. The lowest BCUT2D eigenvalue weighted by molar-refractivity contribution is 0.390. The summed E-state index contributed by atoms with van der Waals surface area (Å²) >= 11 is 0. The lowest BCUT2D eigenvalue weighted by Crippen LogP contribution is -2.10. The average molecular weight is 289 g/mol. The van der Waals surface area contributed by atoms with Crippen molar-refractivity contribution >= 4 is 10.1 Å². The molecule has 102 valence electrons. The summed E-state index contributed by atoms with van der Waals surface area (Å²) < 4.78 is 34.2. The fourth-order valence-corrected chi connectivity index (χ4v) is 2.52. The fraction of sp³-hybridized carbons (Fsp3) is 0.0714. The number of hydrogen-bond acceptors (Lipinski definition) is 5. The summed E-state index contributed by atoms with van der Waals surface area (Å²) in [7, 11) is -2.55. The van der Waals surface area contributed by atoms with Crippen LogP contribution in [0.1, 0.15) is 5.56 Å². The van der Waals surface area contributed by atoms with E-state index in [0.29, 0.717) is 5.56 Å². The molecule has 2 aromatic carbocycles. The Hall–Kier alpha value is -2.52. The number of rotatable bonds is 4. The van der Waals surface area contributed by atoms with Crippen molar-refractivity contribution in [2.45, 2.75) is 4.90 Å². The molecule has 0 unspecified atom stereocenters. The van der Waals surface area contributed by atoms with Crippen LogP contribution in [-0.2, 0) is 10.1 Å². The number of ether oxygens (including phenoxy) is 1. The molecule has 2 aromatic rings. The maximum absolute atomic E-state index is 12.1. The fourth-order valence-electron chi connectivity index (χ4n) is 1.56. The van der Waals surface area contributed by atoms with Crippen LogP contribution in [0, 0.1) is 11.3 Å². The third kappa shape index (κ3) is 2.90. The minimum atomic E-state index is -3.93.